The fourth-order valence-electron chi connectivity index (χ4n) is 5.92. The summed E-state index contributed by atoms with van der Waals surface area (Å²) in [5.41, 5.74) is 0. The highest BCUT2D eigenvalue weighted by Gasteiger charge is 2.28. The quantitative estimate of drug-likeness (QED) is 0.0201. The van der Waals surface area contributed by atoms with Crippen molar-refractivity contribution in [3.8, 4) is 0 Å². The standard InChI is InChI=1S/C48H82NO10P/c1-3-5-7-9-11-13-15-17-18-19-20-21-22-23-24-25-26-28-30-32-34-36-38-40-47(52)57-41-44(50)42-58-60(55,56)59-43-45(48(53)54)49-46(51)39-37-35-33-31-29-27-16-14-12-10-8-6-4-2/h5,7,11,13-14,16-18,20-21,23-24,44-45,50H,3-4,6,8-10,12,15,19,22,25-43H2,1-2H3,(H,49,51)(H,53,54)(H,55,56)/b7-5-,13-11-,16-14-,18-17-,21-20-,24-23-. The third kappa shape index (κ3) is 41.6. The third-order valence-electron chi connectivity index (χ3n) is 9.48. The van der Waals surface area contributed by atoms with Crippen molar-refractivity contribution in [1.82, 2.24) is 5.32 Å². The summed E-state index contributed by atoms with van der Waals surface area (Å²) in [6.45, 7) is 2.43. The number of ether oxygens (including phenoxy) is 1. The van der Waals surface area contributed by atoms with Gasteiger partial charge < -0.3 is 25.2 Å². The van der Waals surface area contributed by atoms with Gasteiger partial charge in [-0.25, -0.2) is 9.36 Å². The highest BCUT2D eigenvalue weighted by molar-refractivity contribution is 7.47. The molecule has 0 aromatic rings. The van der Waals surface area contributed by atoms with Crippen LogP contribution in [0.2, 0.25) is 0 Å². The molecule has 0 fully saturated rings. The molecule has 12 heteroatoms. The van der Waals surface area contributed by atoms with Gasteiger partial charge in [0.1, 0.15) is 12.7 Å². The Morgan fingerprint density at radius 2 is 0.967 bits per heavy atom. The van der Waals surface area contributed by atoms with Crippen molar-refractivity contribution in [2.24, 2.45) is 0 Å². The number of carboxylic acids is 1. The predicted octanol–water partition coefficient (Wildman–Crippen LogP) is 12.1. The molecule has 0 saturated heterocycles. The molecular formula is C48H82NO10P. The molecule has 3 atom stereocenters. The molecule has 0 bridgehead atoms. The lowest BCUT2D eigenvalue weighted by Gasteiger charge is -2.18. The minimum absolute atomic E-state index is 0.132. The van der Waals surface area contributed by atoms with Crippen molar-refractivity contribution in [1.29, 1.82) is 0 Å². The van der Waals surface area contributed by atoms with Crippen molar-refractivity contribution < 1.29 is 47.8 Å². The minimum Gasteiger partial charge on any atom is -0.480 e. The number of phosphoric ester groups is 1. The second kappa shape index (κ2) is 42.6. The lowest BCUT2D eigenvalue weighted by Crippen LogP contribution is -2.43. The highest BCUT2D eigenvalue weighted by Crippen LogP contribution is 2.43. The molecule has 0 aromatic heterocycles. The van der Waals surface area contributed by atoms with Gasteiger partial charge in [0.2, 0.25) is 5.91 Å². The Labute approximate surface area is 363 Å². The Morgan fingerprint density at radius 1 is 0.550 bits per heavy atom. The molecule has 0 rings (SSSR count). The smallest absolute Gasteiger partial charge is 0.472 e. The number of carbonyl (C=O) groups is 3. The van der Waals surface area contributed by atoms with Crippen LogP contribution < -0.4 is 5.32 Å². The Bertz CT molecular complexity index is 1290. The van der Waals surface area contributed by atoms with E-state index in [1.54, 1.807) is 0 Å². The zero-order chi connectivity index (χ0) is 44.2. The average Bonchev–Trinajstić information content (AvgIpc) is 3.22. The highest BCUT2D eigenvalue weighted by atomic mass is 31.2. The lowest BCUT2D eigenvalue weighted by atomic mass is 10.1. The van der Waals surface area contributed by atoms with Crippen LogP contribution in [-0.4, -0.2) is 64.9 Å². The van der Waals surface area contributed by atoms with Gasteiger partial charge in [0.25, 0.3) is 0 Å². The van der Waals surface area contributed by atoms with E-state index in [1.807, 2.05) is 0 Å². The summed E-state index contributed by atoms with van der Waals surface area (Å²) in [4.78, 5) is 45.9. The number of aliphatic hydroxyl groups is 1. The van der Waals surface area contributed by atoms with E-state index in [0.29, 0.717) is 12.8 Å². The van der Waals surface area contributed by atoms with Crippen LogP contribution in [0.15, 0.2) is 72.9 Å². The zero-order valence-corrected chi connectivity index (χ0v) is 38.1. The molecule has 0 aliphatic rings. The Hall–Kier alpha value is -3.08. The average molecular weight is 864 g/mol. The van der Waals surface area contributed by atoms with Crippen LogP contribution in [0.3, 0.4) is 0 Å². The summed E-state index contributed by atoms with van der Waals surface area (Å²) in [6.07, 6.45) is 50.7. The Morgan fingerprint density at radius 3 is 1.47 bits per heavy atom. The number of allylic oxidation sites excluding steroid dienone is 12. The van der Waals surface area contributed by atoms with E-state index in [4.69, 9.17) is 13.8 Å². The number of aliphatic hydroxyl groups excluding tert-OH is 1. The van der Waals surface area contributed by atoms with Gasteiger partial charge in [-0.1, -0.05) is 157 Å². The largest absolute Gasteiger partial charge is 0.480 e. The van der Waals surface area contributed by atoms with Crippen LogP contribution in [0.4, 0.5) is 0 Å². The lowest BCUT2D eigenvalue weighted by molar-refractivity contribution is -0.147. The fourth-order valence-corrected chi connectivity index (χ4v) is 6.70. The molecule has 1 amide bonds. The van der Waals surface area contributed by atoms with Crippen molar-refractivity contribution in [3.63, 3.8) is 0 Å². The van der Waals surface area contributed by atoms with Gasteiger partial charge in [-0.3, -0.25) is 18.6 Å². The van der Waals surface area contributed by atoms with Gasteiger partial charge in [-0.15, -0.1) is 0 Å². The van der Waals surface area contributed by atoms with Crippen molar-refractivity contribution >= 4 is 25.7 Å². The fraction of sp³-hybridized carbons (Fsp3) is 0.688. The summed E-state index contributed by atoms with van der Waals surface area (Å²) < 4.78 is 26.8. The molecule has 0 radical (unpaired) electrons. The van der Waals surface area contributed by atoms with E-state index >= 15 is 0 Å². The summed E-state index contributed by atoms with van der Waals surface area (Å²) in [5, 5.41) is 21.8. The molecule has 60 heavy (non-hydrogen) atoms. The summed E-state index contributed by atoms with van der Waals surface area (Å²) in [6, 6.07) is -1.55. The SMILES string of the molecule is CC/C=C\C/C=C\C/C=C\C/C=C\C/C=C\CCCCCCCCCC(=O)OCC(O)COP(=O)(O)OCC(NC(=O)CCCCCCC/C=C\CCCCCC)C(=O)O. The van der Waals surface area contributed by atoms with Crippen LogP contribution in [0.25, 0.3) is 0 Å². The van der Waals surface area contributed by atoms with Gasteiger partial charge in [0.05, 0.1) is 13.2 Å². The number of phosphoric acid groups is 1. The monoisotopic (exact) mass is 864 g/mol. The van der Waals surface area contributed by atoms with E-state index in [1.165, 1.54) is 38.5 Å². The number of carbonyl (C=O) groups excluding carboxylic acids is 2. The first-order valence-corrected chi connectivity index (χ1v) is 24.5. The van der Waals surface area contributed by atoms with Gasteiger partial charge in [0.15, 0.2) is 6.04 Å². The number of carboxylic acid groups (broad SMARTS) is 1. The summed E-state index contributed by atoms with van der Waals surface area (Å²) in [5.74, 6) is -2.40. The summed E-state index contributed by atoms with van der Waals surface area (Å²) >= 11 is 0. The van der Waals surface area contributed by atoms with E-state index in [9.17, 15) is 34.1 Å². The van der Waals surface area contributed by atoms with Crippen molar-refractivity contribution in [3.05, 3.63) is 72.9 Å². The van der Waals surface area contributed by atoms with Gasteiger partial charge in [0, 0.05) is 12.8 Å². The van der Waals surface area contributed by atoms with Crippen LogP contribution in [0.5, 0.6) is 0 Å². The Kier molecular flexibility index (Phi) is 40.4. The van der Waals surface area contributed by atoms with Crippen LogP contribution in [0.1, 0.15) is 181 Å². The number of amides is 1. The first-order chi connectivity index (χ1) is 29.1. The van der Waals surface area contributed by atoms with Crippen molar-refractivity contribution in [2.75, 3.05) is 19.8 Å². The minimum atomic E-state index is -4.76. The molecule has 0 aromatic carbocycles. The maximum absolute atomic E-state index is 12.3. The van der Waals surface area contributed by atoms with E-state index in [0.717, 1.165) is 103 Å². The van der Waals surface area contributed by atoms with E-state index in [-0.39, 0.29) is 12.8 Å². The number of nitrogens with one attached hydrogen (secondary N) is 1. The molecule has 344 valence electrons. The van der Waals surface area contributed by atoms with Gasteiger partial charge in [-0.2, -0.15) is 0 Å². The predicted molar refractivity (Wildman–Crippen MR) is 244 cm³/mol. The molecule has 0 heterocycles. The number of aliphatic carboxylic acids is 1. The maximum atomic E-state index is 12.3. The third-order valence-corrected chi connectivity index (χ3v) is 10.4. The molecule has 4 N–H and O–H groups in total. The number of hydrogen-bond donors (Lipinski definition) is 4. The van der Waals surface area contributed by atoms with E-state index < -0.39 is 57.6 Å². The molecular weight excluding hydrogens is 781 g/mol. The molecule has 0 saturated carbocycles. The first kappa shape index (κ1) is 56.9. The zero-order valence-electron chi connectivity index (χ0n) is 37.2. The number of unbranched alkanes of at least 4 members (excludes halogenated alkanes) is 16. The molecule has 0 spiro atoms. The topological polar surface area (TPSA) is 169 Å². The second-order valence-electron chi connectivity index (χ2n) is 15.2. The second-order valence-corrected chi connectivity index (χ2v) is 16.7. The molecule has 11 nitrogen and oxygen atoms in total. The number of esters is 1. The van der Waals surface area contributed by atoms with Crippen LogP contribution in [-0.2, 0) is 32.7 Å². The van der Waals surface area contributed by atoms with E-state index in [2.05, 4.69) is 92.1 Å². The van der Waals surface area contributed by atoms with Gasteiger partial charge in [-0.05, 0) is 83.5 Å². The molecule has 0 aliphatic heterocycles. The van der Waals surface area contributed by atoms with Crippen molar-refractivity contribution in [2.45, 2.75) is 193 Å². The maximum Gasteiger partial charge on any atom is 0.472 e. The van der Waals surface area contributed by atoms with Crippen LogP contribution in [0, 0.1) is 0 Å². The Balaban J connectivity index is 3.89. The van der Waals surface area contributed by atoms with Crippen LogP contribution >= 0.6 is 7.82 Å². The first-order valence-electron chi connectivity index (χ1n) is 23.0. The summed E-state index contributed by atoms with van der Waals surface area (Å²) in [7, 11) is -4.76. The normalized spacial score (nSPS) is 14.3. The molecule has 0 aliphatic carbocycles. The van der Waals surface area contributed by atoms with Gasteiger partial charge >= 0.3 is 19.8 Å². The molecule has 3 unspecified atom stereocenters. The number of hydrogen-bond acceptors (Lipinski definition) is 8. The number of rotatable bonds is 42.